The molecular weight excluding hydrogens is 352 g/mol. The Morgan fingerprint density at radius 1 is 0.929 bits per heavy atom. The molecule has 146 valence electrons. The number of ether oxygens (including phenoxy) is 2. The first kappa shape index (κ1) is 18.5. The Kier molecular flexibility index (Phi) is 4.38. The van der Waals surface area contributed by atoms with E-state index in [0.717, 1.165) is 44.6 Å². The Balaban J connectivity index is 2.23. The molecule has 0 aliphatic heterocycles. The summed E-state index contributed by atoms with van der Waals surface area (Å²) in [7, 11) is 7.46. The van der Waals surface area contributed by atoms with Crippen molar-refractivity contribution >= 4 is 33.1 Å². The van der Waals surface area contributed by atoms with Crippen molar-refractivity contribution in [3.8, 4) is 11.5 Å². The van der Waals surface area contributed by atoms with Gasteiger partial charge >= 0.3 is 0 Å². The zero-order valence-corrected chi connectivity index (χ0v) is 17.5. The molecule has 0 aliphatic carbocycles. The van der Waals surface area contributed by atoms with Gasteiger partial charge in [-0.05, 0) is 58.1 Å². The van der Waals surface area contributed by atoms with Gasteiger partial charge in [-0.3, -0.25) is 4.90 Å². The number of rotatable bonds is 4. The Bertz CT molecular complexity index is 1210. The molecule has 2 heterocycles. The van der Waals surface area contributed by atoms with Gasteiger partial charge in [-0.15, -0.1) is 0 Å². The Morgan fingerprint density at radius 2 is 1.57 bits per heavy atom. The molecule has 0 aliphatic rings. The van der Waals surface area contributed by atoms with E-state index >= 15 is 0 Å². The van der Waals surface area contributed by atoms with Gasteiger partial charge in [0.05, 0.1) is 42.3 Å². The van der Waals surface area contributed by atoms with Crippen LogP contribution in [0, 0.1) is 13.8 Å². The lowest BCUT2D eigenvalue weighted by Crippen LogP contribution is -2.23. The lowest BCUT2D eigenvalue weighted by molar-refractivity contribution is 0.249. The summed E-state index contributed by atoms with van der Waals surface area (Å²) in [5, 5.41) is 0.958. The van der Waals surface area contributed by atoms with Gasteiger partial charge in [-0.2, -0.15) is 0 Å². The maximum absolute atomic E-state index is 5.71. The molecule has 0 saturated carbocycles. The van der Waals surface area contributed by atoms with E-state index in [1.165, 1.54) is 11.1 Å². The highest BCUT2D eigenvalue weighted by Crippen LogP contribution is 2.40. The molecule has 0 spiro atoms. The largest absolute Gasteiger partial charge is 0.497 e. The molecule has 2 aromatic carbocycles. The maximum Gasteiger partial charge on any atom is 0.161 e. The Labute approximate surface area is 164 Å². The molecule has 2 aromatic heterocycles. The van der Waals surface area contributed by atoms with Crippen molar-refractivity contribution in [2.24, 2.45) is 0 Å². The van der Waals surface area contributed by atoms with Crippen LogP contribution in [0.3, 0.4) is 0 Å². The van der Waals surface area contributed by atoms with Crippen molar-refractivity contribution < 1.29 is 9.47 Å². The standard InChI is InChI=1S/C22H26N4O2/c1-12-8-16-17(9-13(12)2)24-22-21(23-16)20-18(26(22)14(3)25(4)5)10-15(27-6)11-19(20)28-7/h8-11,14H,1-7H3. The van der Waals surface area contributed by atoms with Gasteiger partial charge in [-0.1, -0.05) is 0 Å². The number of nitrogens with zero attached hydrogens (tertiary/aromatic N) is 4. The van der Waals surface area contributed by atoms with Gasteiger partial charge < -0.3 is 14.0 Å². The van der Waals surface area contributed by atoms with E-state index in [1.807, 2.05) is 12.1 Å². The smallest absolute Gasteiger partial charge is 0.161 e. The van der Waals surface area contributed by atoms with Crippen molar-refractivity contribution in [1.82, 2.24) is 19.4 Å². The van der Waals surface area contributed by atoms with Crippen LogP contribution in [0.4, 0.5) is 0 Å². The van der Waals surface area contributed by atoms with Gasteiger partial charge in [0, 0.05) is 12.1 Å². The molecule has 0 amide bonds. The van der Waals surface area contributed by atoms with Crippen LogP contribution in [0.15, 0.2) is 24.3 Å². The molecule has 0 bridgehead atoms. The summed E-state index contributed by atoms with van der Waals surface area (Å²) in [6.45, 7) is 6.35. The van der Waals surface area contributed by atoms with Crippen LogP contribution >= 0.6 is 0 Å². The number of hydrogen-bond acceptors (Lipinski definition) is 5. The third kappa shape index (κ3) is 2.67. The SMILES string of the molecule is COc1cc(OC)c2c3nc4cc(C)c(C)cc4nc3n(C(C)N(C)C)c2c1. The van der Waals surface area contributed by atoms with Crippen LogP contribution < -0.4 is 9.47 Å². The Hall–Kier alpha value is -2.86. The predicted molar refractivity (Wildman–Crippen MR) is 114 cm³/mol. The number of benzene rings is 2. The summed E-state index contributed by atoms with van der Waals surface area (Å²) >= 11 is 0. The van der Waals surface area contributed by atoms with Crippen LogP contribution in [-0.2, 0) is 0 Å². The summed E-state index contributed by atoms with van der Waals surface area (Å²) in [5.41, 5.74) is 6.90. The first-order valence-corrected chi connectivity index (χ1v) is 9.36. The minimum atomic E-state index is 0.0788. The average molecular weight is 378 g/mol. The second-order valence-corrected chi connectivity index (χ2v) is 7.51. The lowest BCUT2D eigenvalue weighted by Gasteiger charge is -2.23. The van der Waals surface area contributed by atoms with E-state index in [0.29, 0.717) is 0 Å². The van der Waals surface area contributed by atoms with Gasteiger partial charge in [0.15, 0.2) is 5.65 Å². The van der Waals surface area contributed by atoms with E-state index in [-0.39, 0.29) is 6.17 Å². The fourth-order valence-corrected chi connectivity index (χ4v) is 3.64. The zero-order chi connectivity index (χ0) is 20.2. The first-order valence-electron chi connectivity index (χ1n) is 9.36. The molecule has 0 saturated heterocycles. The minimum absolute atomic E-state index is 0.0788. The molecule has 28 heavy (non-hydrogen) atoms. The van der Waals surface area contributed by atoms with Crippen LogP contribution in [0.2, 0.25) is 0 Å². The molecule has 0 N–H and O–H groups in total. The van der Waals surface area contributed by atoms with Crippen molar-refractivity contribution in [3.05, 3.63) is 35.4 Å². The van der Waals surface area contributed by atoms with Crippen molar-refractivity contribution in [2.75, 3.05) is 28.3 Å². The van der Waals surface area contributed by atoms with Crippen LogP contribution in [0.5, 0.6) is 11.5 Å². The summed E-state index contributed by atoms with van der Waals surface area (Å²) < 4.78 is 13.4. The molecule has 6 heteroatoms. The van der Waals surface area contributed by atoms with Gasteiger partial charge in [0.1, 0.15) is 17.0 Å². The van der Waals surface area contributed by atoms with E-state index < -0.39 is 0 Å². The van der Waals surface area contributed by atoms with E-state index in [4.69, 9.17) is 19.4 Å². The number of aryl methyl sites for hydroxylation is 2. The third-order valence-electron chi connectivity index (χ3n) is 5.62. The van der Waals surface area contributed by atoms with E-state index in [2.05, 4.69) is 56.5 Å². The van der Waals surface area contributed by atoms with Crippen LogP contribution in [-0.4, -0.2) is 47.7 Å². The Morgan fingerprint density at radius 3 is 2.14 bits per heavy atom. The van der Waals surface area contributed by atoms with Crippen LogP contribution in [0.1, 0.15) is 24.2 Å². The highest BCUT2D eigenvalue weighted by molar-refractivity contribution is 6.10. The van der Waals surface area contributed by atoms with Gasteiger partial charge in [0.2, 0.25) is 0 Å². The lowest BCUT2D eigenvalue weighted by atomic mass is 10.1. The van der Waals surface area contributed by atoms with Crippen molar-refractivity contribution in [3.63, 3.8) is 0 Å². The highest BCUT2D eigenvalue weighted by Gasteiger charge is 2.23. The predicted octanol–water partition coefficient (Wildman–Crippen LogP) is 4.45. The van der Waals surface area contributed by atoms with Crippen molar-refractivity contribution in [2.45, 2.75) is 26.9 Å². The molecule has 1 atom stereocenters. The number of methoxy groups -OCH3 is 2. The normalized spacial score (nSPS) is 13.0. The minimum Gasteiger partial charge on any atom is -0.497 e. The fraction of sp³-hybridized carbons (Fsp3) is 0.364. The van der Waals surface area contributed by atoms with Gasteiger partial charge in [0.25, 0.3) is 0 Å². The van der Waals surface area contributed by atoms with Crippen molar-refractivity contribution in [1.29, 1.82) is 0 Å². The number of hydrogen-bond donors (Lipinski definition) is 0. The summed E-state index contributed by atoms with van der Waals surface area (Å²) in [6.07, 6.45) is 0.0788. The summed E-state index contributed by atoms with van der Waals surface area (Å²) in [6, 6.07) is 8.14. The third-order valence-corrected chi connectivity index (χ3v) is 5.62. The van der Waals surface area contributed by atoms with E-state index in [1.54, 1.807) is 14.2 Å². The molecule has 1 unspecified atom stereocenters. The second kappa shape index (κ2) is 6.63. The summed E-state index contributed by atoms with van der Waals surface area (Å²) in [5.74, 6) is 1.48. The number of aromatic nitrogens is 3. The molecular formula is C22H26N4O2. The summed E-state index contributed by atoms with van der Waals surface area (Å²) in [4.78, 5) is 12.2. The monoisotopic (exact) mass is 378 g/mol. The molecule has 4 aromatic rings. The molecule has 0 radical (unpaired) electrons. The fourth-order valence-electron chi connectivity index (χ4n) is 3.64. The molecule has 6 nitrogen and oxygen atoms in total. The topological polar surface area (TPSA) is 52.4 Å². The van der Waals surface area contributed by atoms with Crippen LogP contribution in [0.25, 0.3) is 33.1 Å². The first-order chi connectivity index (χ1) is 13.3. The van der Waals surface area contributed by atoms with Gasteiger partial charge in [-0.25, -0.2) is 9.97 Å². The highest BCUT2D eigenvalue weighted by atomic mass is 16.5. The quantitative estimate of drug-likeness (QED) is 0.525. The molecule has 0 fully saturated rings. The second-order valence-electron chi connectivity index (χ2n) is 7.51. The average Bonchev–Trinajstić information content (AvgIpc) is 2.98. The molecule has 4 rings (SSSR count). The van der Waals surface area contributed by atoms with E-state index in [9.17, 15) is 0 Å². The zero-order valence-electron chi connectivity index (χ0n) is 17.5. The maximum atomic E-state index is 5.71. The number of fused-ring (bicyclic) bond motifs is 4.